The standard InChI is InChI=1S/C25H26F2N6/c1-15-23-25(30-16(2)29-15)33(24(31-23)20-10-21(26)13-28-12-20)14-19-5-4-18(11-22(19)27)17-6-8-32(3)9-7-17/h4-5,10-13,17H,6-9,14H2,1-3H3. The van der Waals surface area contributed by atoms with Crippen LogP contribution in [0, 0.1) is 25.5 Å². The quantitative estimate of drug-likeness (QED) is 0.455. The van der Waals surface area contributed by atoms with Gasteiger partial charge in [0.1, 0.15) is 28.8 Å². The van der Waals surface area contributed by atoms with Gasteiger partial charge in [0, 0.05) is 17.3 Å². The molecule has 1 aliphatic heterocycles. The molecule has 5 rings (SSSR count). The van der Waals surface area contributed by atoms with Gasteiger partial charge in [-0.25, -0.2) is 23.7 Å². The van der Waals surface area contributed by atoms with Crippen molar-refractivity contribution in [3.63, 3.8) is 0 Å². The summed E-state index contributed by atoms with van der Waals surface area (Å²) in [7, 11) is 2.12. The van der Waals surface area contributed by atoms with Crippen LogP contribution >= 0.6 is 0 Å². The Balaban J connectivity index is 1.56. The summed E-state index contributed by atoms with van der Waals surface area (Å²) in [6, 6.07) is 6.92. The Labute approximate surface area is 191 Å². The van der Waals surface area contributed by atoms with E-state index in [4.69, 9.17) is 4.98 Å². The number of imidazole rings is 1. The summed E-state index contributed by atoms with van der Waals surface area (Å²) in [6.07, 6.45) is 4.77. The predicted molar refractivity (Wildman–Crippen MR) is 123 cm³/mol. The molecule has 1 aromatic carbocycles. The maximum absolute atomic E-state index is 15.3. The maximum Gasteiger partial charge on any atom is 0.164 e. The zero-order chi connectivity index (χ0) is 23.1. The molecule has 4 heterocycles. The molecule has 4 aromatic rings. The molecule has 1 fully saturated rings. The lowest BCUT2D eigenvalue weighted by atomic mass is 9.89. The average Bonchev–Trinajstić information content (AvgIpc) is 3.14. The van der Waals surface area contributed by atoms with Crippen LogP contribution in [0.4, 0.5) is 8.78 Å². The van der Waals surface area contributed by atoms with E-state index < -0.39 is 5.82 Å². The van der Waals surface area contributed by atoms with Gasteiger partial charge in [0.25, 0.3) is 0 Å². The van der Waals surface area contributed by atoms with Crippen molar-refractivity contribution >= 4 is 11.2 Å². The first kappa shape index (κ1) is 21.6. The highest BCUT2D eigenvalue weighted by Crippen LogP contribution is 2.30. The molecule has 0 aliphatic carbocycles. The molecule has 1 aliphatic rings. The second-order valence-corrected chi connectivity index (χ2v) is 8.87. The van der Waals surface area contributed by atoms with Gasteiger partial charge in [-0.2, -0.15) is 0 Å². The molecule has 0 unspecified atom stereocenters. The van der Waals surface area contributed by atoms with Gasteiger partial charge in [0.2, 0.25) is 0 Å². The number of halogens is 2. The minimum Gasteiger partial charge on any atom is -0.306 e. The summed E-state index contributed by atoms with van der Waals surface area (Å²) in [5.74, 6) is 0.755. The van der Waals surface area contributed by atoms with Crippen LogP contribution < -0.4 is 0 Å². The van der Waals surface area contributed by atoms with Crippen LogP contribution in [0.5, 0.6) is 0 Å². The molecular formula is C25H26F2N6. The Bertz CT molecular complexity index is 1320. The van der Waals surface area contributed by atoms with Gasteiger partial charge in [-0.3, -0.25) is 4.98 Å². The number of nitrogens with zero attached hydrogens (tertiary/aromatic N) is 6. The van der Waals surface area contributed by atoms with Crippen LogP contribution in [0.25, 0.3) is 22.6 Å². The van der Waals surface area contributed by atoms with Gasteiger partial charge < -0.3 is 9.47 Å². The van der Waals surface area contributed by atoms with Crippen LogP contribution in [0.15, 0.2) is 36.7 Å². The molecule has 170 valence electrons. The lowest BCUT2D eigenvalue weighted by Crippen LogP contribution is -2.29. The van der Waals surface area contributed by atoms with Crippen LogP contribution in [0.1, 0.15) is 41.4 Å². The zero-order valence-electron chi connectivity index (χ0n) is 19.0. The summed E-state index contributed by atoms with van der Waals surface area (Å²) in [5.41, 5.74) is 4.02. The number of likely N-dealkylation sites (tertiary alicyclic amines) is 1. The molecule has 6 nitrogen and oxygen atoms in total. The van der Waals surface area contributed by atoms with Crippen LogP contribution in [-0.2, 0) is 6.54 Å². The monoisotopic (exact) mass is 448 g/mol. The van der Waals surface area contributed by atoms with E-state index in [1.54, 1.807) is 12.3 Å². The van der Waals surface area contributed by atoms with Crippen molar-refractivity contribution in [1.82, 2.24) is 29.4 Å². The SMILES string of the molecule is Cc1nc(C)c2nc(-c3cncc(F)c3)n(Cc3ccc(C4CCN(C)CC4)cc3F)c2n1. The van der Waals surface area contributed by atoms with E-state index in [2.05, 4.69) is 26.9 Å². The van der Waals surface area contributed by atoms with E-state index in [0.717, 1.165) is 43.4 Å². The number of fused-ring (bicyclic) bond motifs is 1. The third-order valence-corrected chi connectivity index (χ3v) is 6.44. The van der Waals surface area contributed by atoms with Gasteiger partial charge in [0.15, 0.2) is 5.65 Å². The van der Waals surface area contributed by atoms with Crippen molar-refractivity contribution in [3.05, 3.63) is 70.9 Å². The normalized spacial score (nSPS) is 15.4. The second kappa shape index (κ2) is 8.59. The Morgan fingerprint density at radius 3 is 2.52 bits per heavy atom. The van der Waals surface area contributed by atoms with Gasteiger partial charge in [0.05, 0.1) is 18.4 Å². The molecule has 0 atom stereocenters. The predicted octanol–water partition coefficient (Wildman–Crippen LogP) is 4.64. The van der Waals surface area contributed by atoms with E-state index in [-0.39, 0.29) is 12.4 Å². The highest BCUT2D eigenvalue weighted by atomic mass is 19.1. The van der Waals surface area contributed by atoms with Crippen LogP contribution in [-0.4, -0.2) is 49.5 Å². The molecule has 0 bridgehead atoms. The highest BCUT2D eigenvalue weighted by molar-refractivity contribution is 5.79. The molecular weight excluding hydrogens is 422 g/mol. The number of aromatic nitrogens is 5. The molecule has 0 radical (unpaired) electrons. The minimum atomic E-state index is -0.459. The molecule has 8 heteroatoms. The lowest BCUT2D eigenvalue weighted by Gasteiger charge is -2.29. The van der Waals surface area contributed by atoms with E-state index in [9.17, 15) is 4.39 Å². The number of pyridine rings is 1. The Morgan fingerprint density at radius 2 is 1.79 bits per heavy atom. The number of benzene rings is 1. The largest absolute Gasteiger partial charge is 0.306 e. The smallest absolute Gasteiger partial charge is 0.164 e. The Hall–Kier alpha value is -3.26. The average molecular weight is 449 g/mol. The number of piperidine rings is 1. The molecule has 0 amide bonds. The van der Waals surface area contributed by atoms with E-state index in [1.165, 1.54) is 6.07 Å². The van der Waals surface area contributed by atoms with Crippen molar-refractivity contribution in [2.24, 2.45) is 0 Å². The topological polar surface area (TPSA) is 59.7 Å². The fourth-order valence-electron chi connectivity index (χ4n) is 4.64. The van der Waals surface area contributed by atoms with Gasteiger partial charge in [-0.1, -0.05) is 12.1 Å². The fourth-order valence-corrected chi connectivity index (χ4v) is 4.64. The first-order valence-corrected chi connectivity index (χ1v) is 11.2. The molecule has 0 N–H and O–H groups in total. The van der Waals surface area contributed by atoms with Crippen molar-refractivity contribution in [1.29, 1.82) is 0 Å². The van der Waals surface area contributed by atoms with Crippen LogP contribution in [0.2, 0.25) is 0 Å². The second-order valence-electron chi connectivity index (χ2n) is 8.87. The first-order valence-electron chi connectivity index (χ1n) is 11.2. The van der Waals surface area contributed by atoms with Gasteiger partial charge in [-0.05, 0) is 70.4 Å². The van der Waals surface area contributed by atoms with Crippen LogP contribution in [0.3, 0.4) is 0 Å². The fraction of sp³-hybridized carbons (Fsp3) is 0.360. The lowest BCUT2D eigenvalue weighted by molar-refractivity contribution is 0.255. The summed E-state index contributed by atoms with van der Waals surface area (Å²) in [5, 5.41) is 0. The van der Waals surface area contributed by atoms with Crippen molar-refractivity contribution in [3.8, 4) is 11.4 Å². The number of hydrogen-bond acceptors (Lipinski definition) is 5. The van der Waals surface area contributed by atoms with Gasteiger partial charge >= 0.3 is 0 Å². The van der Waals surface area contributed by atoms with Gasteiger partial charge in [-0.15, -0.1) is 0 Å². The van der Waals surface area contributed by atoms with Crippen molar-refractivity contribution < 1.29 is 8.78 Å². The number of hydrogen-bond donors (Lipinski definition) is 0. The Morgan fingerprint density at radius 1 is 1.00 bits per heavy atom. The maximum atomic E-state index is 15.3. The highest BCUT2D eigenvalue weighted by Gasteiger charge is 2.21. The summed E-state index contributed by atoms with van der Waals surface area (Å²) < 4.78 is 31.0. The zero-order valence-corrected chi connectivity index (χ0v) is 19.0. The molecule has 0 spiro atoms. The van der Waals surface area contributed by atoms with E-state index in [0.29, 0.717) is 39.9 Å². The molecule has 0 saturated carbocycles. The van der Waals surface area contributed by atoms with E-state index in [1.807, 2.05) is 30.5 Å². The summed E-state index contributed by atoms with van der Waals surface area (Å²) >= 11 is 0. The number of aryl methyl sites for hydroxylation is 2. The molecule has 33 heavy (non-hydrogen) atoms. The first-order chi connectivity index (χ1) is 15.9. The third-order valence-electron chi connectivity index (χ3n) is 6.44. The van der Waals surface area contributed by atoms with Crippen molar-refractivity contribution in [2.45, 2.75) is 39.2 Å². The molecule has 1 saturated heterocycles. The third kappa shape index (κ3) is 4.23. The van der Waals surface area contributed by atoms with E-state index >= 15 is 4.39 Å². The Kier molecular flexibility index (Phi) is 5.62. The van der Waals surface area contributed by atoms with Crippen molar-refractivity contribution in [2.75, 3.05) is 20.1 Å². The summed E-state index contributed by atoms with van der Waals surface area (Å²) in [4.78, 5) is 19.9. The molecule has 3 aromatic heterocycles. The summed E-state index contributed by atoms with van der Waals surface area (Å²) in [6.45, 7) is 5.94. The minimum absolute atomic E-state index is 0.220. The number of rotatable bonds is 4.